The molecule has 0 fully saturated rings. The molecule has 0 unspecified atom stereocenters. The van der Waals surface area contributed by atoms with Gasteiger partial charge in [-0.05, 0) is 50.6 Å². The zero-order valence-corrected chi connectivity index (χ0v) is 18.6. The molecule has 2 aromatic carbocycles. The average molecular weight is 455 g/mol. The monoisotopic (exact) mass is 454 g/mol. The number of rotatable bonds is 5. The minimum absolute atomic E-state index is 0.336. The summed E-state index contributed by atoms with van der Waals surface area (Å²) in [6.07, 6.45) is -0.784. The van der Waals surface area contributed by atoms with Gasteiger partial charge in [0.1, 0.15) is 11.3 Å². The number of hydrogen-bond acceptors (Lipinski definition) is 6. The number of benzene rings is 2. The summed E-state index contributed by atoms with van der Waals surface area (Å²) in [7, 11) is 0. The van der Waals surface area contributed by atoms with Gasteiger partial charge in [0.2, 0.25) is 0 Å². The molecule has 4 aromatic rings. The van der Waals surface area contributed by atoms with Gasteiger partial charge in [0.25, 0.3) is 5.91 Å². The fourth-order valence-corrected chi connectivity index (χ4v) is 4.23. The summed E-state index contributed by atoms with van der Waals surface area (Å²) in [4.78, 5) is 29.7. The molecule has 0 radical (unpaired) electrons. The molecular formula is C23H19ClN2O4S. The van der Waals surface area contributed by atoms with Crippen molar-refractivity contribution in [3.63, 3.8) is 0 Å². The van der Waals surface area contributed by atoms with Crippen molar-refractivity contribution in [2.24, 2.45) is 0 Å². The van der Waals surface area contributed by atoms with Crippen molar-refractivity contribution < 1.29 is 13.9 Å². The second kappa shape index (κ2) is 8.53. The fourth-order valence-electron chi connectivity index (χ4n) is 3.20. The van der Waals surface area contributed by atoms with Crippen molar-refractivity contribution in [1.29, 1.82) is 0 Å². The Balaban J connectivity index is 1.49. The maximum absolute atomic E-state index is 12.6. The second-order valence-electron chi connectivity index (χ2n) is 7.09. The SMILES string of the molecule is Cc1sc(NC(=O)[C@@H](C)Oc2ccc3c(C)cc(=O)oc3c2)nc1-c1cccc(Cl)c1. The number of ether oxygens (including phenoxy) is 1. The third-order valence-corrected chi connectivity index (χ3v) is 5.85. The maximum Gasteiger partial charge on any atom is 0.336 e. The predicted octanol–water partition coefficient (Wildman–Crippen LogP) is 5.59. The Labute approximate surface area is 187 Å². The van der Waals surface area contributed by atoms with Crippen molar-refractivity contribution in [2.45, 2.75) is 26.9 Å². The predicted molar refractivity (Wildman–Crippen MR) is 123 cm³/mol. The molecule has 0 saturated heterocycles. The summed E-state index contributed by atoms with van der Waals surface area (Å²) in [5.74, 6) is 0.0935. The number of nitrogens with zero attached hydrogens (tertiary/aromatic N) is 1. The molecule has 0 aliphatic carbocycles. The van der Waals surface area contributed by atoms with Crippen LogP contribution in [0.3, 0.4) is 0 Å². The first-order valence-corrected chi connectivity index (χ1v) is 10.7. The van der Waals surface area contributed by atoms with Gasteiger partial charge >= 0.3 is 5.63 Å². The molecule has 1 atom stereocenters. The lowest BCUT2D eigenvalue weighted by Gasteiger charge is -2.14. The van der Waals surface area contributed by atoms with E-state index < -0.39 is 11.7 Å². The van der Waals surface area contributed by atoms with Crippen molar-refractivity contribution in [2.75, 3.05) is 5.32 Å². The number of carbonyl (C=O) groups is 1. The molecule has 158 valence electrons. The van der Waals surface area contributed by atoms with E-state index in [4.69, 9.17) is 20.8 Å². The largest absolute Gasteiger partial charge is 0.481 e. The summed E-state index contributed by atoms with van der Waals surface area (Å²) < 4.78 is 11.0. The van der Waals surface area contributed by atoms with E-state index in [0.717, 1.165) is 27.1 Å². The molecule has 0 bridgehead atoms. The minimum atomic E-state index is -0.784. The quantitative estimate of drug-likeness (QED) is 0.397. The Morgan fingerprint density at radius 1 is 1.19 bits per heavy atom. The summed E-state index contributed by atoms with van der Waals surface area (Å²) in [5, 5.41) is 4.72. The molecule has 6 nitrogen and oxygen atoms in total. The van der Waals surface area contributed by atoms with Crippen LogP contribution in [0.4, 0.5) is 5.13 Å². The topological polar surface area (TPSA) is 81.4 Å². The minimum Gasteiger partial charge on any atom is -0.481 e. The lowest BCUT2D eigenvalue weighted by atomic mass is 10.1. The molecule has 1 amide bonds. The van der Waals surface area contributed by atoms with Gasteiger partial charge in [0, 0.05) is 33.0 Å². The van der Waals surface area contributed by atoms with E-state index in [0.29, 0.717) is 21.5 Å². The Kier molecular flexibility index (Phi) is 5.80. The van der Waals surface area contributed by atoms with Crippen molar-refractivity contribution in [3.05, 3.63) is 74.4 Å². The lowest BCUT2D eigenvalue weighted by molar-refractivity contribution is -0.122. The van der Waals surface area contributed by atoms with Gasteiger partial charge < -0.3 is 9.15 Å². The average Bonchev–Trinajstić information content (AvgIpc) is 3.07. The molecule has 2 aromatic heterocycles. The van der Waals surface area contributed by atoms with Crippen LogP contribution >= 0.6 is 22.9 Å². The van der Waals surface area contributed by atoms with Crippen LogP contribution in [0.15, 0.2) is 57.7 Å². The summed E-state index contributed by atoms with van der Waals surface area (Å²) >= 11 is 7.46. The van der Waals surface area contributed by atoms with E-state index in [2.05, 4.69) is 10.3 Å². The number of nitrogens with one attached hydrogen (secondary N) is 1. The second-order valence-corrected chi connectivity index (χ2v) is 8.73. The molecule has 0 saturated carbocycles. The zero-order chi connectivity index (χ0) is 22.1. The number of amides is 1. The summed E-state index contributed by atoms with van der Waals surface area (Å²) in [6, 6.07) is 14.0. The first kappa shape index (κ1) is 21.1. The number of anilines is 1. The number of carbonyl (C=O) groups excluding carboxylic acids is 1. The summed E-state index contributed by atoms with van der Waals surface area (Å²) in [5.41, 5.74) is 2.47. The van der Waals surface area contributed by atoms with E-state index in [1.165, 1.54) is 17.4 Å². The molecule has 0 aliphatic rings. The zero-order valence-electron chi connectivity index (χ0n) is 17.1. The molecule has 8 heteroatoms. The highest BCUT2D eigenvalue weighted by atomic mass is 35.5. The standard InChI is InChI=1S/C23H19ClN2O4S/c1-12-9-20(27)30-19-11-17(7-8-18(12)19)29-13(2)22(28)26-23-25-21(14(3)31-23)15-5-4-6-16(24)10-15/h4-11,13H,1-3H3,(H,25,26,28)/t13-/m1/s1. The molecule has 31 heavy (non-hydrogen) atoms. The molecule has 0 spiro atoms. The summed E-state index contributed by atoms with van der Waals surface area (Å²) in [6.45, 7) is 5.42. The highest BCUT2D eigenvalue weighted by Gasteiger charge is 2.19. The van der Waals surface area contributed by atoms with Gasteiger partial charge in [-0.1, -0.05) is 23.7 Å². The Morgan fingerprint density at radius 3 is 2.77 bits per heavy atom. The van der Waals surface area contributed by atoms with E-state index >= 15 is 0 Å². The third-order valence-electron chi connectivity index (χ3n) is 4.73. The van der Waals surface area contributed by atoms with Crippen LogP contribution in [0.2, 0.25) is 5.02 Å². The van der Waals surface area contributed by atoms with Crippen LogP contribution in [0.25, 0.3) is 22.2 Å². The van der Waals surface area contributed by atoms with Gasteiger partial charge in [-0.25, -0.2) is 9.78 Å². The molecule has 0 aliphatic heterocycles. The molecule has 4 rings (SSSR count). The number of hydrogen-bond donors (Lipinski definition) is 1. The molecular weight excluding hydrogens is 436 g/mol. The van der Waals surface area contributed by atoms with Gasteiger partial charge in [-0.3, -0.25) is 10.1 Å². The lowest BCUT2D eigenvalue weighted by Crippen LogP contribution is -2.30. The number of halogens is 1. The van der Waals surface area contributed by atoms with Gasteiger partial charge in [0.05, 0.1) is 5.69 Å². The van der Waals surface area contributed by atoms with Gasteiger partial charge in [-0.2, -0.15) is 0 Å². The van der Waals surface area contributed by atoms with Crippen molar-refractivity contribution >= 4 is 44.9 Å². The van der Waals surface area contributed by atoms with Crippen LogP contribution in [0, 0.1) is 13.8 Å². The van der Waals surface area contributed by atoms with E-state index in [9.17, 15) is 9.59 Å². The van der Waals surface area contributed by atoms with Crippen LogP contribution in [0.5, 0.6) is 5.75 Å². The van der Waals surface area contributed by atoms with E-state index in [1.54, 1.807) is 31.2 Å². The van der Waals surface area contributed by atoms with Crippen LogP contribution < -0.4 is 15.7 Å². The number of aryl methyl sites for hydroxylation is 2. The van der Waals surface area contributed by atoms with E-state index in [1.807, 2.05) is 32.0 Å². The smallest absolute Gasteiger partial charge is 0.336 e. The van der Waals surface area contributed by atoms with Gasteiger partial charge in [0.15, 0.2) is 11.2 Å². The van der Waals surface area contributed by atoms with Crippen LogP contribution in [0.1, 0.15) is 17.4 Å². The first-order valence-electron chi connectivity index (χ1n) is 9.55. The van der Waals surface area contributed by atoms with Crippen molar-refractivity contribution in [1.82, 2.24) is 4.98 Å². The Morgan fingerprint density at radius 2 is 2.00 bits per heavy atom. The van der Waals surface area contributed by atoms with Gasteiger partial charge in [-0.15, -0.1) is 11.3 Å². The number of thiazole rings is 1. The van der Waals surface area contributed by atoms with Crippen LogP contribution in [-0.4, -0.2) is 17.0 Å². The normalized spacial score (nSPS) is 12.0. The Hall–Kier alpha value is -3.16. The first-order chi connectivity index (χ1) is 14.8. The van der Waals surface area contributed by atoms with Crippen molar-refractivity contribution in [3.8, 4) is 17.0 Å². The van der Waals surface area contributed by atoms with Crippen LogP contribution in [-0.2, 0) is 4.79 Å². The third kappa shape index (κ3) is 4.62. The maximum atomic E-state index is 12.6. The van der Waals surface area contributed by atoms with E-state index in [-0.39, 0.29) is 5.91 Å². The molecule has 2 heterocycles. The number of fused-ring (bicyclic) bond motifs is 1. The number of aromatic nitrogens is 1. The molecule has 1 N–H and O–H groups in total. The highest BCUT2D eigenvalue weighted by molar-refractivity contribution is 7.16. The fraction of sp³-hybridized carbons (Fsp3) is 0.174. The highest BCUT2D eigenvalue weighted by Crippen LogP contribution is 2.31. The Bertz CT molecular complexity index is 1350.